The Morgan fingerprint density at radius 1 is 1.30 bits per heavy atom. The third kappa shape index (κ3) is 2.91. The van der Waals surface area contributed by atoms with Crippen LogP contribution in [0, 0.1) is 5.82 Å². The first-order chi connectivity index (χ1) is 9.52. The summed E-state index contributed by atoms with van der Waals surface area (Å²) < 4.78 is 24.4. The molecule has 4 nitrogen and oxygen atoms in total. The van der Waals surface area contributed by atoms with Crippen molar-refractivity contribution in [1.82, 2.24) is 0 Å². The first-order valence-electron chi connectivity index (χ1n) is 5.62. The Bertz CT molecular complexity index is 661. The molecule has 0 unspecified atom stereocenters. The molecule has 0 spiro atoms. The molecular weight excluding hydrogens is 329 g/mol. The lowest BCUT2D eigenvalue weighted by Crippen LogP contribution is -2.06. The number of benzene rings is 2. The number of esters is 1. The number of carbonyl (C=O) groups is 1. The van der Waals surface area contributed by atoms with E-state index in [9.17, 15) is 9.18 Å². The molecule has 0 saturated heterocycles. The van der Waals surface area contributed by atoms with Crippen LogP contribution in [-0.4, -0.2) is 13.1 Å². The molecule has 0 radical (unpaired) electrons. The second-order valence-corrected chi connectivity index (χ2v) is 4.81. The van der Waals surface area contributed by atoms with E-state index < -0.39 is 11.8 Å². The third-order valence-electron chi connectivity index (χ3n) is 2.56. The van der Waals surface area contributed by atoms with Crippen molar-refractivity contribution < 1.29 is 18.7 Å². The minimum absolute atomic E-state index is 0.0394. The monoisotopic (exact) mass is 339 g/mol. The molecule has 2 aromatic carbocycles. The van der Waals surface area contributed by atoms with Crippen LogP contribution in [0.2, 0.25) is 0 Å². The molecule has 2 rings (SSSR count). The van der Waals surface area contributed by atoms with E-state index in [0.717, 1.165) is 0 Å². The van der Waals surface area contributed by atoms with E-state index in [1.165, 1.54) is 31.4 Å². The molecule has 0 aliphatic rings. The van der Waals surface area contributed by atoms with Gasteiger partial charge in [-0.2, -0.15) is 0 Å². The number of nitrogen functional groups attached to an aromatic ring is 1. The lowest BCUT2D eigenvalue weighted by Gasteiger charge is -2.13. The molecule has 0 amide bonds. The van der Waals surface area contributed by atoms with E-state index >= 15 is 0 Å². The Hall–Kier alpha value is -2.08. The van der Waals surface area contributed by atoms with Gasteiger partial charge in [0.1, 0.15) is 5.56 Å². The van der Waals surface area contributed by atoms with Crippen molar-refractivity contribution in [2.75, 3.05) is 12.8 Å². The lowest BCUT2D eigenvalue weighted by atomic mass is 10.1. The van der Waals surface area contributed by atoms with Gasteiger partial charge in [0.15, 0.2) is 17.3 Å². The molecule has 0 aliphatic carbocycles. The highest BCUT2D eigenvalue weighted by Gasteiger charge is 2.17. The topological polar surface area (TPSA) is 61.5 Å². The van der Waals surface area contributed by atoms with E-state index in [2.05, 4.69) is 20.7 Å². The summed E-state index contributed by atoms with van der Waals surface area (Å²) in [7, 11) is 1.25. The molecule has 104 valence electrons. The number of methoxy groups -OCH3 is 1. The van der Waals surface area contributed by atoms with E-state index in [1.54, 1.807) is 12.1 Å². The Morgan fingerprint density at radius 2 is 2.05 bits per heavy atom. The van der Waals surface area contributed by atoms with E-state index in [1.807, 2.05) is 0 Å². The van der Waals surface area contributed by atoms with Crippen LogP contribution in [0.25, 0.3) is 0 Å². The predicted octanol–water partition coefficient (Wildman–Crippen LogP) is 3.75. The molecule has 0 atom stereocenters. The highest BCUT2D eigenvalue weighted by molar-refractivity contribution is 9.10. The summed E-state index contributed by atoms with van der Waals surface area (Å²) in [5.41, 5.74) is 6.13. The Balaban J connectivity index is 2.47. The normalized spacial score (nSPS) is 10.2. The van der Waals surface area contributed by atoms with Crippen molar-refractivity contribution in [2.24, 2.45) is 0 Å². The summed E-state index contributed by atoms with van der Waals surface area (Å²) in [6.45, 7) is 0. The maximum atomic E-state index is 13.7. The Labute approximate surface area is 123 Å². The van der Waals surface area contributed by atoms with Crippen LogP contribution in [-0.2, 0) is 4.74 Å². The van der Waals surface area contributed by atoms with Crippen LogP contribution in [0.3, 0.4) is 0 Å². The molecule has 6 heteroatoms. The van der Waals surface area contributed by atoms with Gasteiger partial charge in [0.2, 0.25) is 0 Å². The fraction of sp³-hybridized carbons (Fsp3) is 0.0714. The zero-order chi connectivity index (χ0) is 14.7. The predicted molar refractivity (Wildman–Crippen MR) is 76.4 cm³/mol. The van der Waals surface area contributed by atoms with Crippen molar-refractivity contribution >= 4 is 27.6 Å². The highest BCUT2D eigenvalue weighted by atomic mass is 79.9. The summed E-state index contributed by atoms with van der Waals surface area (Å²) in [4.78, 5) is 11.7. The molecule has 0 saturated carbocycles. The second-order valence-electron chi connectivity index (χ2n) is 3.89. The van der Waals surface area contributed by atoms with Gasteiger partial charge in [-0.05, 0) is 30.3 Å². The number of nitrogens with two attached hydrogens (primary N) is 1. The summed E-state index contributed by atoms with van der Waals surface area (Å²) in [6.07, 6.45) is 0. The lowest BCUT2D eigenvalue weighted by molar-refractivity contribution is 0.0598. The van der Waals surface area contributed by atoms with Gasteiger partial charge in [0.25, 0.3) is 0 Å². The number of halogens is 2. The first-order valence-corrected chi connectivity index (χ1v) is 6.42. The van der Waals surface area contributed by atoms with Gasteiger partial charge in [-0.1, -0.05) is 22.0 Å². The van der Waals surface area contributed by atoms with Crippen molar-refractivity contribution in [1.29, 1.82) is 0 Å². The van der Waals surface area contributed by atoms with Gasteiger partial charge in [0, 0.05) is 4.47 Å². The maximum Gasteiger partial charge on any atom is 0.341 e. The van der Waals surface area contributed by atoms with Crippen molar-refractivity contribution in [3.63, 3.8) is 0 Å². The Kier molecular flexibility index (Phi) is 4.24. The molecule has 2 aromatic rings. The number of ether oxygens (including phenoxy) is 2. The summed E-state index contributed by atoms with van der Waals surface area (Å²) >= 11 is 3.22. The fourth-order valence-electron chi connectivity index (χ4n) is 1.60. The summed E-state index contributed by atoms with van der Waals surface area (Å²) in [5.74, 6) is -1.14. The quantitative estimate of drug-likeness (QED) is 0.683. The molecule has 20 heavy (non-hydrogen) atoms. The number of rotatable bonds is 3. The van der Waals surface area contributed by atoms with Crippen molar-refractivity contribution in [2.45, 2.75) is 0 Å². The van der Waals surface area contributed by atoms with Gasteiger partial charge in [0.05, 0.1) is 12.8 Å². The van der Waals surface area contributed by atoms with E-state index in [4.69, 9.17) is 10.5 Å². The SMILES string of the molecule is COC(=O)c1cccc(N)c1Oc1cc(Br)ccc1F. The van der Waals surface area contributed by atoms with Crippen LogP contribution < -0.4 is 10.5 Å². The summed E-state index contributed by atoms with van der Waals surface area (Å²) in [5, 5.41) is 0. The smallest absolute Gasteiger partial charge is 0.341 e. The molecule has 0 bridgehead atoms. The standard InChI is InChI=1S/C14H11BrFNO3/c1-19-14(18)9-3-2-4-11(17)13(9)20-12-7-8(15)5-6-10(12)16/h2-7H,17H2,1H3. The average molecular weight is 340 g/mol. The highest BCUT2D eigenvalue weighted by Crippen LogP contribution is 2.34. The average Bonchev–Trinajstić information content (AvgIpc) is 2.44. The zero-order valence-electron chi connectivity index (χ0n) is 10.5. The number of carbonyl (C=O) groups excluding carboxylic acids is 1. The van der Waals surface area contributed by atoms with Crippen LogP contribution in [0.5, 0.6) is 11.5 Å². The minimum Gasteiger partial charge on any atom is -0.465 e. The minimum atomic E-state index is -0.609. The molecule has 0 aliphatic heterocycles. The van der Waals surface area contributed by atoms with Gasteiger partial charge in [-0.15, -0.1) is 0 Å². The Morgan fingerprint density at radius 3 is 2.75 bits per heavy atom. The van der Waals surface area contributed by atoms with Gasteiger partial charge in [-0.25, -0.2) is 9.18 Å². The van der Waals surface area contributed by atoms with Gasteiger partial charge in [-0.3, -0.25) is 0 Å². The zero-order valence-corrected chi connectivity index (χ0v) is 12.1. The number of hydrogen-bond acceptors (Lipinski definition) is 4. The maximum absolute atomic E-state index is 13.7. The van der Waals surface area contributed by atoms with Gasteiger partial charge >= 0.3 is 5.97 Å². The van der Waals surface area contributed by atoms with Crippen LogP contribution >= 0.6 is 15.9 Å². The molecular formula is C14H11BrFNO3. The molecule has 0 heterocycles. The van der Waals surface area contributed by atoms with Gasteiger partial charge < -0.3 is 15.2 Å². The fourth-order valence-corrected chi connectivity index (χ4v) is 1.94. The van der Waals surface area contributed by atoms with E-state index in [-0.39, 0.29) is 22.7 Å². The molecule has 2 N–H and O–H groups in total. The largest absolute Gasteiger partial charge is 0.465 e. The number of anilines is 1. The van der Waals surface area contributed by atoms with Crippen LogP contribution in [0.4, 0.5) is 10.1 Å². The van der Waals surface area contributed by atoms with Crippen LogP contribution in [0.15, 0.2) is 40.9 Å². The van der Waals surface area contributed by atoms with E-state index in [0.29, 0.717) is 4.47 Å². The van der Waals surface area contributed by atoms with Crippen molar-refractivity contribution in [3.8, 4) is 11.5 Å². The van der Waals surface area contributed by atoms with Crippen molar-refractivity contribution in [3.05, 3.63) is 52.3 Å². The second kappa shape index (κ2) is 5.92. The molecule has 0 aromatic heterocycles. The molecule has 0 fully saturated rings. The number of para-hydroxylation sites is 1. The van der Waals surface area contributed by atoms with Crippen LogP contribution in [0.1, 0.15) is 10.4 Å². The first kappa shape index (κ1) is 14.3. The third-order valence-corrected chi connectivity index (χ3v) is 3.05. The number of hydrogen-bond donors (Lipinski definition) is 1. The summed E-state index contributed by atoms with van der Waals surface area (Å²) in [6, 6.07) is 8.87.